The van der Waals surface area contributed by atoms with Crippen LogP contribution >= 0.6 is 0 Å². The molecule has 0 saturated carbocycles. The molecule has 2 heterocycles. The SMILES string of the molecule is CCn1nccc1C(C)NC(=O)Cn1nc([N+](=O)[O-])c([N+](=O)[O-])c1C. The molecular formula is C13H17N7O5. The van der Waals surface area contributed by atoms with Crippen molar-refractivity contribution in [2.75, 3.05) is 0 Å². The zero-order valence-corrected chi connectivity index (χ0v) is 13.9. The Morgan fingerprint density at radius 3 is 2.52 bits per heavy atom. The quantitative estimate of drug-likeness (QED) is 0.579. The normalized spacial score (nSPS) is 12.0. The molecule has 25 heavy (non-hydrogen) atoms. The van der Waals surface area contributed by atoms with Crippen LogP contribution in [0.1, 0.15) is 31.3 Å². The van der Waals surface area contributed by atoms with E-state index in [1.807, 2.05) is 6.92 Å². The van der Waals surface area contributed by atoms with Gasteiger partial charge in [-0.15, -0.1) is 0 Å². The third-order valence-corrected chi connectivity index (χ3v) is 3.68. The summed E-state index contributed by atoms with van der Waals surface area (Å²) in [6.45, 7) is 5.25. The van der Waals surface area contributed by atoms with Gasteiger partial charge in [-0.2, -0.15) is 9.78 Å². The van der Waals surface area contributed by atoms with E-state index in [9.17, 15) is 25.0 Å². The van der Waals surface area contributed by atoms with E-state index in [-0.39, 0.29) is 18.3 Å². The van der Waals surface area contributed by atoms with Crippen LogP contribution in [-0.2, 0) is 17.9 Å². The van der Waals surface area contributed by atoms with E-state index in [4.69, 9.17) is 0 Å². The summed E-state index contributed by atoms with van der Waals surface area (Å²) in [6.07, 6.45) is 1.62. The van der Waals surface area contributed by atoms with Gasteiger partial charge in [-0.1, -0.05) is 0 Å². The third-order valence-electron chi connectivity index (χ3n) is 3.68. The molecule has 0 fully saturated rings. The maximum Gasteiger partial charge on any atom is 0.468 e. The minimum atomic E-state index is -0.942. The Morgan fingerprint density at radius 2 is 2.00 bits per heavy atom. The van der Waals surface area contributed by atoms with Gasteiger partial charge in [0.2, 0.25) is 5.91 Å². The highest BCUT2D eigenvalue weighted by molar-refractivity contribution is 5.76. The number of carbonyl (C=O) groups excluding carboxylic acids is 1. The molecule has 0 spiro atoms. The Bertz CT molecular complexity index is 825. The molecule has 0 aromatic carbocycles. The molecule has 0 saturated heterocycles. The second-order valence-electron chi connectivity index (χ2n) is 5.29. The standard InChI is InChI=1S/C13H17N7O5/c1-4-17-10(5-6-14-17)8(2)15-11(21)7-18-9(3)12(19(22)23)13(16-18)20(24)25/h5-6,8H,4,7H2,1-3H3,(H,15,21). The monoisotopic (exact) mass is 351 g/mol. The Balaban J connectivity index is 2.17. The zero-order chi connectivity index (χ0) is 18.7. The Hall–Kier alpha value is -3.31. The first-order chi connectivity index (χ1) is 11.8. The fourth-order valence-corrected chi connectivity index (χ4v) is 2.48. The largest absolute Gasteiger partial charge is 0.468 e. The molecule has 1 unspecified atom stereocenters. The van der Waals surface area contributed by atoms with E-state index in [0.717, 1.165) is 10.4 Å². The van der Waals surface area contributed by atoms with Crippen LogP contribution in [0.4, 0.5) is 11.5 Å². The first-order valence-corrected chi connectivity index (χ1v) is 7.43. The van der Waals surface area contributed by atoms with Gasteiger partial charge >= 0.3 is 11.5 Å². The van der Waals surface area contributed by atoms with Gasteiger partial charge in [-0.05, 0) is 31.8 Å². The number of amides is 1. The molecule has 0 bridgehead atoms. The van der Waals surface area contributed by atoms with Crippen molar-refractivity contribution in [3.8, 4) is 0 Å². The van der Waals surface area contributed by atoms with Crippen molar-refractivity contribution >= 4 is 17.4 Å². The number of rotatable bonds is 7. The molecule has 1 atom stereocenters. The topological polar surface area (TPSA) is 151 Å². The van der Waals surface area contributed by atoms with Crippen LogP contribution in [0, 0.1) is 27.2 Å². The van der Waals surface area contributed by atoms with Crippen LogP contribution in [0.15, 0.2) is 12.3 Å². The van der Waals surface area contributed by atoms with Crippen LogP contribution in [-0.4, -0.2) is 35.3 Å². The van der Waals surface area contributed by atoms with Gasteiger partial charge in [-0.3, -0.25) is 19.6 Å². The number of aryl methyl sites for hydroxylation is 1. The average Bonchev–Trinajstić information content (AvgIpc) is 3.12. The van der Waals surface area contributed by atoms with E-state index in [0.29, 0.717) is 6.54 Å². The summed E-state index contributed by atoms with van der Waals surface area (Å²) in [5, 5.41) is 32.3. The first kappa shape index (κ1) is 18.0. The maximum atomic E-state index is 12.2. The van der Waals surface area contributed by atoms with E-state index in [1.54, 1.807) is 23.9 Å². The molecule has 0 aliphatic rings. The van der Waals surface area contributed by atoms with Crippen molar-refractivity contribution in [3.05, 3.63) is 43.9 Å². The van der Waals surface area contributed by atoms with Crippen LogP contribution in [0.5, 0.6) is 0 Å². The van der Waals surface area contributed by atoms with E-state index in [2.05, 4.69) is 15.5 Å². The molecule has 12 heteroatoms. The van der Waals surface area contributed by atoms with E-state index in [1.165, 1.54) is 6.92 Å². The molecule has 0 aliphatic carbocycles. The van der Waals surface area contributed by atoms with Crippen molar-refractivity contribution in [1.82, 2.24) is 24.9 Å². The van der Waals surface area contributed by atoms with Gasteiger partial charge in [0.15, 0.2) is 0 Å². The Kier molecular flexibility index (Phi) is 5.10. The molecule has 2 aromatic heterocycles. The Morgan fingerprint density at radius 1 is 1.32 bits per heavy atom. The van der Waals surface area contributed by atoms with Crippen LogP contribution < -0.4 is 5.32 Å². The number of nitrogens with zero attached hydrogens (tertiary/aromatic N) is 6. The highest BCUT2D eigenvalue weighted by atomic mass is 16.6. The number of nitrogens with one attached hydrogen (secondary N) is 1. The van der Waals surface area contributed by atoms with Crippen molar-refractivity contribution in [1.29, 1.82) is 0 Å². The molecule has 0 aliphatic heterocycles. The van der Waals surface area contributed by atoms with Gasteiger partial charge in [0.1, 0.15) is 12.2 Å². The molecule has 1 N–H and O–H groups in total. The molecule has 0 radical (unpaired) electrons. The molecule has 2 rings (SSSR count). The molecule has 134 valence electrons. The van der Waals surface area contributed by atoms with Crippen molar-refractivity contribution in [2.45, 2.75) is 39.9 Å². The summed E-state index contributed by atoms with van der Waals surface area (Å²) in [7, 11) is 0. The van der Waals surface area contributed by atoms with Crippen LogP contribution in [0.25, 0.3) is 0 Å². The minimum Gasteiger partial charge on any atom is -0.358 e. The molecule has 1 amide bonds. The smallest absolute Gasteiger partial charge is 0.358 e. The lowest BCUT2D eigenvalue weighted by Gasteiger charge is -2.15. The summed E-state index contributed by atoms with van der Waals surface area (Å²) >= 11 is 0. The maximum absolute atomic E-state index is 12.2. The lowest BCUT2D eigenvalue weighted by molar-refractivity contribution is -0.424. The second kappa shape index (κ2) is 7.07. The second-order valence-corrected chi connectivity index (χ2v) is 5.29. The Labute approximate surface area is 141 Å². The van der Waals surface area contributed by atoms with Crippen LogP contribution in [0.2, 0.25) is 0 Å². The van der Waals surface area contributed by atoms with Gasteiger partial charge in [0, 0.05) is 12.7 Å². The molecule has 2 aromatic rings. The average molecular weight is 351 g/mol. The number of hydrogen-bond acceptors (Lipinski definition) is 7. The first-order valence-electron chi connectivity index (χ1n) is 7.43. The lowest BCUT2D eigenvalue weighted by Crippen LogP contribution is -2.31. The van der Waals surface area contributed by atoms with E-state index < -0.39 is 27.3 Å². The predicted molar refractivity (Wildman–Crippen MR) is 84.7 cm³/mol. The summed E-state index contributed by atoms with van der Waals surface area (Å²) < 4.78 is 2.68. The van der Waals surface area contributed by atoms with Gasteiger partial charge in [0.05, 0.1) is 21.8 Å². The third kappa shape index (κ3) is 3.62. The van der Waals surface area contributed by atoms with Gasteiger partial charge < -0.3 is 15.4 Å². The molecule has 12 nitrogen and oxygen atoms in total. The fourth-order valence-electron chi connectivity index (χ4n) is 2.48. The highest BCUT2D eigenvalue weighted by Gasteiger charge is 2.35. The van der Waals surface area contributed by atoms with Gasteiger partial charge in [-0.25, -0.2) is 0 Å². The summed E-state index contributed by atoms with van der Waals surface area (Å²) in [6, 6.07) is 1.42. The fraction of sp³-hybridized carbons (Fsp3) is 0.462. The zero-order valence-electron chi connectivity index (χ0n) is 13.9. The number of nitro groups is 2. The van der Waals surface area contributed by atoms with Crippen molar-refractivity contribution in [3.63, 3.8) is 0 Å². The van der Waals surface area contributed by atoms with Crippen LogP contribution in [0.3, 0.4) is 0 Å². The predicted octanol–water partition coefficient (Wildman–Crippen LogP) is 1.10. The number of hydrogen-bond donors (Lipinski definition) is 1. The summed E-state index contributed by atoms with van der Waals surface area (Å²) in [5.74, 6) is -1.36. The number of aromatic nitrogens is 4. The van der Waals surface area contributed by atoms with E-state index >= 15 is 0 Å². The van der Waals surface area contributed by atoms with Gasteiger partial charge in [0.25, 0.3) is 0 Å². The van der Waals surface area contributed by atoms with Crippen molar-refractivity contribution in [2.24, 2.45) is 0 Å². The summed E-state index contributed by atoms with van der Waals surface area (Å²) in [4.78, 5) is 32.3. The number of carbonyl (C=O) groups is 1. The highest BCUT2D eigenvalue weighted by Crippen LogP contribution is 2.29. The molecular weight excluding hydrogens is 334 g/mol. The van der Waals surface area contributed by atoms with Crippen molar-refractivity contribution < 1.29 is 14.6 Å². The summed E-state index contributed by atoms with van der Waals surface area (Å²) in [5.41, 5.74) is 0.0259. The lowest BCUT2D eigenvalue weighted by atomic mass is 10.2. The minimum absolute atomic E-state index is 0.0573.